The molecule has 4 rings (SSSR count). The number of likely N-dealkylation sites (N-methyl/N-ethyl adjacent to an activating group) is 1. The molecule has 5 nitrogen and oxygen atoms in total. The molecule has 0 bridgehead atoms. The highest BCUT2D eigenvalue weighted by Gasteiger charge is 2.11. The molecule has 0 spiro atoms. The summed E-state index contributed by atoms with van der Waals surface area (Å²) in [5, 5.41) is 5.04. The second kappa shape index (κ2) is 6.88. The summed E-state index contributed by atoms with van der Waals surface area (Å²) in [5.74, 6) is 0. The molecule has 0 radical (unpaired) electrons. The monoisotopic (exact) mass is 345 g/mol. The van der Waals surface area contributed by atoms with Gasteiger partial charge in [-0.05, 0) is 30.3 Å². The Balaban J connectivity index is 1.45. The number of pyridine rings is 1. The van der Waals surface area contributed by atoms with Gasteiger partial charge in [-0.2, -0.15) is 0 Å². The average molecular weight is 345 g/mol. The third kappa shape index (κ3) is 3.24. The number of hydrogen-bond donors (Lipinski definition) is 1. The van der Waals surface area contributed by atoms with Gasteiger partial charge in [0.25, 0.3) is 0 Å². The Morgan fingerprint density at radius 3 is 2.69 bits per heavy atom. The van der Waals surface area contributed by atoms with E-state index in [1.54, 1.807) is 18.1 Å². The van der Waals surface area contributed by atoms with E-state index in [2.05, 4.69) is 10.3 Å². The molecule has 0 fully saturated rings. The van der Waals surface area contributed by atoms with Gasteiger partial charge in [0, 0.05) is 54.4 Å². The van der Waals surface area contributed by atoms with Crippen LogP contribution < -0.4 is 5.32 Å². The number of urea groups is 1. The minimum atomic E-state index is -0.156. The molecule has 0 aliphatic carbocycles. The maximum atomic E-state index is 12.4. The Hall–Kier alpha value is -3.34. The van der Waals surface area contributed by atoms with Crippen LogP contribution in [0.3, 0.4) is 0 Å². The van der Waals surface area contributed by atoms with E-state index in [-0.39, 0.29) is 6.03 Å². The summed E-state index contributed by atoms with van der Waals surface area (Å²) >= 11 is 0. The fourth-order valence-electron chi connectivity index (χ4n) is 2.95. The van der Waals surface area contributed by atoms with Crippen LogP contribution in [-0.2, 0) is 6.42 Å². The van der Waals surface area contributed by atoms with Crippen LogP contribution >= 0.6 is 0 Å². The van der Waals surface area contributed by atoms with Crippen molar-refractivity contribution in [1.29, 1.82) is 0 Å². The molecule has 0 unspecified atom stereocenters. The second-order valence-corrected chi connectivity index (χ2v) is 6.23. The molecule has 2 aromatic heterocycles. The lowest BCUT2D eigenvalue weighted by Crippen LogP contribution is -2.33. The van der Waals surface area contributed by atoms with Crippen LogP contribution in [0.25, 0.3) is 21.9 Å². The maximum Gasteiger partial charge on any atom is 0.321 e. The summed E-state index contributed by atoms with van der Waals surface area (Å²) in [4.78, 5) is 18.3. The van der Waals surface area contributed by atoms with E-state index in [1.165, 1.54) is 0 Å². The quantitative estimate of drug-likeness (QED) is 0.584. The number of hydrogen-bond acceptors (Lipinski definition) is 3. The predicted octanol–water partition coefficient (Wildman–Crippen LogP) is 4.69. The van der Waals surface area contributed by atoms with E-state index >= 15 is 0 Å². The first-order valence-corrected chi connectivity index (χ1v) is 8.54. The van der Waals surface area contributed by atoms with Gasteiger partial charge in [0.15, 0.2) is 0 Å². The number of para-hydroxylation sites is 1. The van der Waals surface area contributed by atoms with Gasteiger partial charge in [-0.25, -0.2) is 4.79 Å². The molecule has 2 heterocycles. The molecular weight excluding hydrogens is 326 g/mol. The van der Waals surface area contributed by atoms with Crippen LogP contribution in [0, 0.1) is 0 Å². The SMILES string of the molecule is CN(CCc1ccccn1)C(=O)Nc1ccc2c(c1)oc1ccccc12. The zero-order valence-corrected chi connectivity index (χ0v) is 14.5. The standard InChI is InChI=1S/C21H19N3O2/c1-24(13-11-15-6-4-5-12-22-15)21(25)23-16-9-10-18-17-7-2-3-8-19(17)26-20(18)14-16/h2-10,12,14H,11,13H2,1H3,(H,23,25). The Kier molecular flexibility index (Phi) is 4.27. The Morgan fingerprint density at radius 1 is 1.04 bits per heavy atom. The van der Waals surface area contributed by atoms with Crippen LogP contribution in [0.5, 0.6) is 0 Å². The number of anilines is 1. The van der Waals surface area contributed by atoms with Crippen LogP contribution in [0.2, 0.25) is 0 Å². The van der Waals surface area contributed by atoms with Gasteiger partial charge < -0.3 is 14.6 Å². The van der Waals surface area contributed by atoms with Crippen molar-refractivity contribution in [3.05, 3.63) is 72.6 Å². The molecule has 0 saturated carbocycles. The third-order valence-corrected chi connectivity index (χ3v) is 4.41. The molecule has 0 aliphatic rings. The summed E-state index contributed by atoms with van der Waals surface area (Å²) in [6, 6.07) is 19.3. The molecular formula is C21H19N3O2. The molecule has 2 aromatic carbocycles. The molecule has 0 saturated heterocycles. The largest absolute Gasteiger partial charge is 0.456 e. The average Bonchev–Trinajstić information content (AvgIpc) is 3.04. The summed E-state index contributed by atoms with van der Waals surface area (Å²) in [7, 11) is 1.78. The number of benzene rings is 2. The van der Waals surface area contributed by atoms with Crippen molar-refractivity contribution in [1.82, 2.24) is 9.88 Å². The van der Waals surface area contributed by atoms with Gasteiger partial charge in [0.1, 0.15) is 11.2 Å². The number of carbonyl (C=O) groups excluding carboxylic acids is 1. The summed E-state index contributed by atoms with van der Waals surface area (Å²) in [5.41, 5.74) is 3.29. The van der Waals surface area contributed by atoms with Crippen LogP contribution in [-0.4, -0.2) is 29.5 Å². The van der Waals surface area contributed by atoms with Crippen LogP contribution in [0.1, 0.15) is 5.69 Å². The van der Waals surface area contributed by atoms with E-state index in [9.17, 15) is 4.79 Å². The zero-order valence-electron chi connectivity index (χ0n) is 14.5. The third-order valence-electron chi connectivity index (χ3n) is 4.41. The first-order chi connectivity index (χ1) is 12.7. The highest BCUT2D eigenvalue weighted by atomic mass is 16.3. The molecule has 5 heteroatoms. The number of nitrogens with zero attached hydrogens (tertiary/aromatic N) is 2. The highest BCUT2D eigenvalue weighted by molar-refractivity contribution is 6.06. The zero-order chi connectivity index (χ0) is 17.9. The fourth-order valence-corrected chi connectivity index (χ4v) is 2.95. The van der Waals surface area contributed by atoms with Crippen molar-refractivity contribution < 1.29 is 9.21 Å². The van der Waals surface area contributed by atoms with Crippen LogP contribution in [0.4, 0.5) is 10.5 Å². The van der Waals surface area contributed by atoms with E-state index in [4.69, 9.17) is 4.42 Å². The van der Waals surface area contributed by atoms with Crippen molar-refractivity contribution >= 4 is 33.7 Å². The lowest BCUT2D eigenvalue weighted by atomic mass is 10.1. The van der Waals surface area contributed by atoms with E-state index < -0.39 is 0 Å². The van der Waals surface area contributed by atoms with Crippen LogP contribution in [0.15, 0.2) is 71.3 Å². The number of furan rings is 1. The normalized spacial score (nSPS) is 11.0. The number of amides is 2. The van der Waals surface area contributed by atoms with Gasteiger partial charge in [0.2, 0.25) is 0 Å². The molecule has 1 N–H and O–H groups in total. The van der Waals surface area contributed by atoms with Crippen molar-refractivity contribution in [3.63, 3.8) is 0 Å². The number of carbonyl (C=O) groups is 1. The number of aromatic nitrogens is 1. The Bertz CT molecular complexity index is 1060. The summed E-state index contributed by atoms with van der Waals surface area (Å²) in [6.45, 7) is 0.593. The molecule has 2 amide bonds. The second-order valence-electron chi connectivity index (χ2n) is 6.23. The lowest BCUT2D eigenvalue weighted by Gasteiger charge is -2.17. The topological polar surface area (TPSA) is 58.4 Å². The maximum absolute atomic E-state index is 12.4. The molecule has 0 atom stereocenters. The first kappa shape index (κ1) is 16.1. The van der Waals surface area contributed by atoms with Gasteiger partial charge >= 0.3 is 6.03 Å². The highest BCUT2D eigenvalue weighted by Crippen LogP contribution is 2.30. The van der Waals surface area contributed by atoms with Gasteiger partial charge in [0.05, 0.1) is 0 Å². The molecule has 26 heavy (non-hydrogen) atoms. The first-order valence-electron chi connectivity index (χ1n) is 8.54. The number of nitrogens with one attached hydrogen (secondary N) is 1. The predicted molar refractivity (Wildman–Crippen MR) is 103 cm³/mol. The molecule has 0 aliphatic heterocycles. The van der Waals surface area contributed by atoms with E-state index in [1.807, 2.05) is 60.7 Å². The molecule has 4 aromatic rings. The van der Waals surface area contributed by atoms with Gasteiger partial charge in [-0.15, -0.1) is 0 Å². The van der Waals surface area contributed by atoms with Crippen molar-refractivity contribution in [2.45, 2.75) is 6.42 Å². The van der Waals surface area contributed by atoms with Crippen molar-refractivity contribution in [2.75, 3.05) is 18.9 Å². The smallest absolute Gasteiger partial charge is 0.321 e. The number of rotatable bonds is 4. The lowest BCUT2D eigenvalue weighted by molar-refractivity contribution is 0.223. The summed E-state index contributed by atoms with van der Waals surface area (Å²) in [6.07, 6.45) is 2.48. The molecule has 130 valence electrons. The minimum Gasteiger partial charge on any atom is -0.456 e. The Morgan fingerprint density at radius 2 is 1.85 bits per heavy atom. The summed E-state index contributed by atoms with van der Waals surface area (Å²) < 4.78 is 5.87. The van der Waals surface area contributed by atoms with E-state index in [0.29, 0.717) is 18.7 Å². The van der Waals surface area contributed by atoms with Crippen molar-refractivity contribution in [2.24, 2.45) is 0 Å². The minimum absolute atomic E-state index is 0.156. The Labute approximate surface area is 151 Å². The van der Waals surface area contributed by atoms with Gasteiger partial charge in [-0.1, -0.05) is 24.3 Å². The van der Waals surface area contributed by atoms with Crippen molar-refractivity contribution in [3.8, 4) is 0 Å². The fraction of sp³-hybridized carbons (Fsp3) is 0.143. The number of fused-ring (bicyclic) bond motifs is 3. The van der Waals surface area contributed by atoms with E-state index in [0.717, 1.165) is 27.6 Å². The van der Waals surface area contributed by atoms with Gasteiger partial charge in [-0.3, -0.25) is 4.98 Å².